The minimum Gasteiger partial charge on any atom is -0.496 e. The maximum atomic E-state index is 13.5. The molecule has 5 nitrogen and oxygen atoms in total. The van der Waals surface area contributed by atoms with Crippen LogP contribution in [-0.4, -0.2) is 32.1 Å². The molecular weight excluding hydrogens is 402 g/mol. The maximum absolute atomic E-state index is 13.5. The molecular formula is C27H29NO4. The smallest absolute Gasteiger partial charge is 0.229 e. The van der Waals surface area contributed by atoms with E-state index >= 15 is 0 Å². The van der Waals surface area contributed by atoms with Crippen LogP contribution < -0.4 is 14.2 Å². The van der Waals surface area contributed by atoms with E-state index in [9.17, 15) is 4.79 Å². The summed E-state index contributed by atoms with van der Waals surface area (Å²) < 4.78 is 16.9. The first-order chi connectivity index (χ1) is 15.6. The molecule has 32 heavy (non-hydrogen) atoms. The number of ether oxygens (including phenoxy) is 3. The molecule has 0 aliphatic carbocycles. The van der Waals surface area contributed by atoms with E-state index < -0.39 is 0 Å². The summed E-state index contributed by atoms with van der Waals surface area (Å²) in [7, 11) is 4.88. The predicted molar refractivity (Wildman–Crippen MR) is 124 cm³/mol. The average Bonchev–Trinajstić information content (AvgIpc) is 2.85. The number of β-lactam (4-membered cyclic amide) rings is 1. The number of carbonyl (C=O) groups is 1. The van der Waals surface area contributed by atoms with Crippen molar-refractivity contribution in [1.29, 1.82) is 0 Å². The molecule has 0 N–H and O–H groups in total. The molecule has 0 unspecified atom stereocenters. The number of likely N-dealkylation sites (tertiary alicyclic amines) is 1. The summed E-state index contributed by atoms with van der Waals surface area (Å²) >= 11 is 0. The Balaban J connectivity index is 1.80. The molecule has 1 fully saturated rings. The highest BCUT2D eigenvalue weighted by Gasteiger charge is 2.52. The molecule has 1 heterocycles. The van der Waals surface area contributed by atoms with Gasteiger partial charge in [-0.1, -0.05) is 60.7 Å². The third-order valence-electron chi connectivity index (χ3n) is 6.30. The van der Waals surface area contributed by atoms with Crippen molar-refractivity contribution in [3.8, 4) is 17.2 Å². The second kappa shape index (κ2) is 9.35. The van der Waals surface area contributed by atoms with Gasteiger partial charge in [-0.3, -0.25) is 4.79 Å². The van der Waals surface area contributed by atoms with E-state index in [1.54, 1.807) is 21.3 Å². The summed E-state index contributed by atoms with van der Waals surface area (Å²) in [5.74, 6) is 1.88. The molecule has 0 spiro atoms. The van der Waals surface area contributed by atoms with Gasteiger partial charge in [0.05, 0.1) is 44.9 Å². The number of hydrogen-bond acceptors (Lipinski definition) is 4. The molecule has 1 amide bonds. The van der Waals surface area contributed by atoms with Crippen molar-refractivity contribution in [2.75, 3.05) is 21.3 Å². The molecule has 5 heteroatoms. The Morgan fingerprint density at radius 3 is 1.94 bits per heavy atom. The van der Waals surface area contributed by atoms with E-state index in [1.165, 1.54) is 0 Å². The lowest BCUT2D eigenvalue weighted by molar-refractivity contribution is -0.161. The molecule has 3 aromatic rings. The van der Waals surface area contributed by atoms with Crippen molar-refractivity contribution in [2.45, 2.75) is 25.4 Å². The van der Waals surface area contributed by atoms with Crippen LogP contribution in [0.3, 0.4) is 0 Å². The fourth-order valence-electron chi connectivity index (χ4n) is 4.63. The van der Waals surface area contributed by atoms with Gasteiger partial charge in [-0.2, -0.15) is 0 Å². The Bertz CT molecular complexity index is 1040. The van der Waals surface area contributed by atoms with E-state index in [1.807, 2.05) is 53.4 Å². The van der Waals surface area contributed by atoms with Gasteiger partial charge in [0.1, 0.15) is 17.2 Å². The Morgan fingerprint density at radius 2 is 1.41 bits per heavy atom. The van der Waals surface area contributed by atoms with Crippen LogP contribution in [0.4, 0.5) is 0 Å². The number of carbonyl (C=O) groups excluding carboxylic acids is 1. The molecule has 4 rings (SSSR count). The predicted octanol–water partition coefficient (Wildman–Crippen LogP) is 5.22. The van der Waals surface area contributed by atoms with Gasteiger partial charge in [0.15, 0.2) is 0 Å². The highest BCUT2D eigenvalue weighted by atomic mass is 16.5. The normalized spacial score (nSPS) is 18.6. The number of benzene rings is 3. The lowest BCUT2D eigenvalue weighted by Gasteiger charge is -2.51. The van der Waals surface area contributed by atoms with E-state index in [-0.39, 0.29) is 23.9 Å². The number of methoxy groups -OCH3 is 3. The second-order valence-electron chi connectivity index (χ2n) is 8.02. The minimum atomic E-state index is -0.209. The second-order valence-corrected chi connectivity index (χ2v) is 8.02. The SMILES string of the molecule is COc1cc(OC)c([C@@H]2[C@@H](Cc3ccccc3)C(=O)N2[C@H](C)c2ccccc2)c(OC)c1. The Labute approximate surface area is 189 Å². The standard InChI is InChI=1S/C27H29NO4/c1-18(20-13-9-6-10-14-20)28-26(22(27(28)29)15-19-11-7-5-8-12-19)25-23(31-3)16-21(30-2)17-24(25)32-4/h5-14,16-18,22,26H,15H2,1-4H3/t18-,22-,26+/m1/s1. The number of nitrogens with zero attached hydrogens (tertiary/aromatic N) is 1. The molecule has 166 valence electrons. The lowest BCUT2D eigenvalue weighted by Crippen LogP contribution is -2.56. The van der Waals surface area contributed by atoms with Crippen molar-refractivity contribution < 1.29 is 19.0 Å². The van der Waals surface area contributed by atoms with Gasteiger partial charge >= 0.3 is 0 Å². The zero-order valence-electron chi connectivity index (χ0n) is 18.9. The van der Waals surface area contributed by atoms with E-state index in [0.29, 0.717) is 23.7 Å². The van der Waals surface area contributed by atoms with Crippen LogP contribution in [0.5, 0.6) is 17.2 Å². The Hall–Kier alpha value is -3.47. The van der Waals surface area contributed by atoms with Crippen LogP contribution in [0.15, 0.2) is 72.8 Å². The number of amides is 1. The number of rotatable bonds is 8. The minimum absolute atomic E-state index is 0.0859. The molecule has 1 aliphatic rings. The zero-order chi connectivity index (χ0) is 22.7. The average molecular weight is 432 g/mol. The lowest BCUT2D eigenvalue weighted by atomic mass is 9.76. The monoisotopic (exact) mass is 431 g/mol. The molecule has 0 bridgehead atoms. The van der Waals surface area contributed by atoms with Crippen LogP contribution in [0.1, 0.15) is 35.7 Å². The summed E-state index contributed by atoms with van der Waals surface area (Å²) in [5, 5.41) is 0. The van der Waals surface area contributed by atoms with Crippen LogP contribution in [0.2, 0.25) is 0 Å². The first-order valence-electron chi connectivity index (χ1n) is 10.8. The topological polar surface area (TPSA) is 48.0 Å². The van der Waals surface area contributed by atoms with Gasteiger partial charge < -0.3 is 19.1 Å². The van der Waals surface area contributed by atoms with Crippen molar-refractivity contribution in [1.82, 2.24) is 4.90 Å². The van der Waals surface area contributed by atoms with Crippen molar-refractivity contribution in [2.24, 2.45) is 5.92 Å². The van der Waals surface area contributed by atoms with Gasteiger partial charge in [0.2, 0.25) is 5.91 Å². The summed E-state index contributed by atoms with van der Waals surface area (Å²) in [6.45, 7) is 2.07. The maximum Gasteiger partial charge on any atom is 0.229 e. The summed E-state index contributed by atoms with van der Waals surface area (Å²) in [4.78, 5) is 15.5. The van der Waals surface area contributed by atoms with Gasteiger partial charge in [0, 0.05) is 12.1 Å². The van der Waals surface area contributed by atoms with Crippen LogP contribution in [-0.2, 0) is 11.2 Å². The highest BCUT2D eigenvalue weighted by molar-refractivity contribution is 5.88. The van der Waals surface area contributed by atoms with Crippen LogP contribution >= 0.6 is 0 Å². The van der Waals surface area contributed by atoms with Crippen molar-refractivity contribution in [3.05, 3.63) is 89.5 Å². The Kier molecular flexibility index (Phi) is 6.35. The third kappa shape index (κ3) is 3.91. The number of hydrogen-bond donors (Lipinski definition) is 0. The molecule has 1 saturated heterocycles. The van der Waals surface area contributed by atoms with Crippen LogP contribution in [0.25, 0.3) is 0 Å². The summed E-state index contributed by atoms with van der Waals surface area (Å²) in [5.41, 5.74) is 3.10. The summed E-state index contributed by atoms with van der Waals surface area (Å²) in [6.07, 6.45) is 0.653. The first kappa shape index (κ1) is 21.8. The first-order valence-corrected chi connectivity index (χ1v) is 10.8. The molecule has 3 atom stereocenters. The molecule has 0 saturated carbocycles. The van der Waals surface area contributed by atoms with Gasteiger partial charge in [-0.05, 0) is 24.5 Å². The van der Waals surface area contributed by atoms with Gasteiger partial charge in [-0.25, -0.2) is 0 Å². The molecule has 3 aromatic carbocycles. The summed E-state index contributed by atoms with van der Waals surface area (Å²) in [6, 6.07) is 23.7. The van der Waals surface area contributed by atoms with Crippen molar-refractivity contribution >= 4 is 5.91 Å². The van der Waals surface area contributed by atoms with Gasteiger partial charge in [-0.15, -0.1) is 0 Å². The van der Waals surface area contributed by atoms with E-state index in [4.69, 9.17) is 14.2 Å². The molecule has 0 aromatic heterocycles. The molecule has 1 aliphatic heterocycles. The fourth-order valence-corrected chi connectivity index (χ4v) is 4.63. The largest absolute Gasteiger partial charge is 0.496 e. The zero-order valence-corrected chi connectivity index (χ0v) is 18.9. The van der Waals surface area contributed by atoms with Crippen molar-refractivity contribution in [3.63, 3.8) is 0 Å². The Morgan fingerprint density at radius 1 is 0.844 bits per heavy atom. The quantitative estimate of drug-likeness (QED) is 0.459. The van der Waals surface area contributed by atoms with Crippen LogP contribution in [0, 0.1) is 5.92 Å². The van der Waals surface area contributed by atoms with Gasteiger partial charge in [0.25, 0.3) is 0 Å². The third-order valence-corrected chi connectivity index (χ3v) is 6.30. The molecule has 0 radical (unpaired) electrons. The van der Waals surface area contributed by atoms with E-state index in [0.717, 1.165) is 16.7 Å². The highest BCUT2D eigenvalue weighted by Crippen LogP contribution is 2.53. The van der Waals surface area contributed by atoms with E-state index in [2.05, 4.69) is 31.2 Å². The fraction of sp³-hybridized carbons (Fsp3) is 0.296.